The fraction of sp³-hybridized carbons (Fsp3) is 0.524. The lowest BCUT2D eigenvalue weighted by Crippen LogP contribution is -2.41. The third-order valence-corrected chi connectivity index (χ3v) is 5.82. The number of amides is 1. The molecule has 4 nitrogen and oxygen atoms in total. The molecule has 138 valence electrons. The Morgan fingerprint density at radius 1 is 1.15 bits per heavy atom. The van der Waals surface area contributed by atoms with Gasteiger partial charge in [-0.1, -0.05) is 19.3 Å². The van der Waals surface area contributed by atoms with E-state index in [1.165, 1.54) is 31.4 Å². The molecule has 0 saturated heterocycles. The van der Waals surface area contributed by atoms with Crippen molar-refractivity contribution in [3.63, 3.8) is 0 Å². The summed E-state index contributed by atoms with van der Waals surface area (Å²) >= 11 is 0. The Morgan fingerprint density at radius 2 is 1.88 bits per heavy atom. The van der Waals surface area contributed by atoms with Crippen molar-refractivity contribution >= 4 is 5.91 Å². The van der Waals surface area contributed by atoms with Crippen LogP contribution in [0.2, 0.25) is 0 Å². The Balaban J connectivity index is 1.69. The van der Waals surface area contributed by atoms with Gasteiger partial charge in [-0.05, 0) is 63.3 Å². The van der Waals surface area contributed by atoms with Crippen molar-refractivity contribution in [3.8, 4) is 5.69 Å². The van der Waals surface area contributed by atoms with Crippen LogP contribution in [0, 0.1) is 5.82 Å². The zero-order chi connectivity index (χ0) is 18.1. The molecule has 1 aromatic carbocycles. The van der Waals surface area contributed by atoms with Crippen LogP contribution in [0.5, 0.6) is 0 Å². The van der Waals surface area contributed by atoms with Crippen LogP contribution >= 0.6 is 0 Å². The highest BCUT2D eigenvalue weighted by molar-refractivity contribution is 5.94. The lowest BCUT2D eigenvalue weighted by Gasteiger charge is -2.33. The van der Waals surface area contributed by atoms with Gasteiger partial charge in [0.05, 0.1) is 5.69 Å². The van der Waals surface area contributed by atoms with Crippen molar-refractivity contribution in [3.05, 3.63) is 47.0 Å². The highest BCUT2D eigenvalue weighted by Crippen LogP contribution is 2.30. The molecule has 1 amide bonds. The first-order valence-corrected chi connectivity index (χ1v) is 9.86. The maximum Gasteiger partial charge on any atom is 0.274 e. The fourth-order valence-corrected chi connectivity index (χ4v) is 4.50. The number of carbonyl (C=O) groups is 1. The molecule has 2 aliphatic carbocycles. The number of rotatable bonds is 4. The van der Waals surface area contributed by atoms with Gasteiger partial charge < -0.3 is 4.90 Å². The average molecular weight is 355 g/mol. The molecular formula is C21H26FN3O. The summed E-state index contributed by atoms with van der Waals surface area (Å²) in [4.78, 5) is 15.3. The Morgan fingerprint density at radius 3 is 2.58 bits per heavy atom. The topological polar surface area (TPSA) is 38.1 Å². The van der Waals surface area contributed by atoms with Gasteiger partial charge in [-0.2, -0.15) is 5.10 Å². The van der Waals surface area contributed by atoms with Crippen LogP contribution in [0.4, 0.5) is 4.39 Å². The van der Waals surface area contributed by atoms with Crippen molar-refractivity contribution in [1.82, 2.24) is 14.7 Å². The Labute approximate surface area is 154 Å². The molecule has 0 spiro atoms. The van der Waals surface area contributed by atoms with Crippen LogP contribution in [-0.2, 0) is 12.8 Å². The molecule has 26 heavy (non-hydrogen) atoms. The first-order valence-electron chi connectivity index (χ1n) is 9.86. The number of hydrogen-bond acceptors (Lipinski definition) is 2. The van der Waals surface area contributed by atoms with Crippen molar-refractivity contribution in [2.75, 3.05) is 6.54 Å². The molecule has 0 bridgehead atoms. The number of benzene rings is 1. The summed E-state index contributed by atoms with van der Waals surface area (Å²) in [7, 11) is 0. The Hall–Kier alpha value is -2.17. The summed E-state index contributed by atoms with van der Waals surface area (Å²) in [6.45, 7) is 2.78. The van der Waals surface area contributed by atoms with Crippen molar-refractivity contribution < 1.29 is 9.18 Å². The van der Waals surface area contributed by atoms with Crippen molar-refractivity contribution in [2.45, 2.75) is 64.3 Å². The van der Waals surface area contributed by atoms with Crippen molar-refractivity contribution in [2.24, 2.45) is 0 Å². The van der Waals surface area contributed by atoms with Gasteiger partial charge in [0.2, 0.25) is 0 Å². The van der Waals surface area contributed by atoms with E-state index in [9.17, 15) is 9.18 Å². The number of fused-ring (bicyclic) bond motifs is 1. The molecule has 4 rings (SSSR count). The zero-order valence-corrected chi connectivity index (χ0v) is 15.4. The minimum atomic E-state index is -0.261. The number of aromatic nitrogens is 2. The maximum absolute atomic E-state index is 13.3. The minimum absolute atomic E-state index is 0.0680. The predicted molar refractivity (Wildman–Crippen MR) is 99.1 cm³/mol. The second-order valence-corrected chi connectivity index (χ2v) is 7.40. The lowest BCUT2D eigenvalue weighted by molar-refractivity contribution is 0.0640. The molecule has 0 atom stereocenters. The van der Waals surface area contributed by atoms with E-state index in [2.05, 4.69) is 6.92 Å². The van der Waals surface area contributed by atoms with Crippen LogP contribution in [0.25, 0.3) is 5.69 Å². The smallest absolute Gasteiger partial charge is 0.274 e. The Kier molecular flexibility index (Phi) is 4.79. The van der Waals surface area contributed by atoms with Crippen molar-refractivity contribution in [1.29, 1.82) is 0 Å². The quantitative estimate of drug-likeness (QED) is 0.820. The third kappa shape index (κ3) is 3.04. The van der Waals surface area contributed by atoms with Crippen LogP contribution in [0.3, 0.4) is 0 Å². The Bertz CT molecular complexity index is 790. The van der Waals surface area contributed by atoms with E-state index in [4.69, 9.17) is 5.10 Å². The summed E-state index contributed by atoms with van der Waals surface area (Å²) in [5.74, 6) is -0.193. The average Bonchev–Trinajstić information content (AvgIpc) is 3.26. The van der Waals surface area contributed by atoms with E-state index in [1.807, 2.05) is 9.58 Å². The number of hydrogen-bond donors (Lipinski definition) is 0. The molecule has 2 aliphatic rings. The first-order chi connectivity index (χ1) is 12.7. The molecule has 2 aromatic rings. The van der Waals surface area contributed by atoms with Gasteiger partial charge in [0, 0.05) is 23.8 Å². The summed E-state index contributed by atoms with van der Waals surface area (Å²) in [5.41, 5.74) is 3.63. The fourth-order valence-electron chi connectivity index (χ4n) is 4.50. The SMILES string of the molecule is CCN(C(=O)c1nn(-c2ccc(F)cc2)c2c1CCC2)C1CCCCC1. The van der Waals surface area contributed by atoms with Gasteiger partial charge in [-0.25, -0.2) is 9.07 Å². The van der Waals surface area contributed by atoms with Gasteiger partial charge in [-0.3, -0.25) is 4.79 Å². The second kappa shape index (κ2) is 7.22. The zero-order valence-electron chi connectivity index (χ0n) is 15.4. The van der Waals surface area contributed by atoms with Gasteiger partial charge in [0.15, 0.2) is 5.69 Å². The third-order valence-electron chi connectivity index (χ3n) is 5.82. The molecule has 0 N–H and O–H groups in total. The van der Waals surface area contributed by atoms with Crippen LogP contribution in [-0.4, -0.2) is 33.2 Å². The highest BCUT2D eigenvalue weighted by atomic mass is 19.1. The normalized spacial score (nSPS) is 17.3. The van der Waals surface area contributed by atoms with E-state index in [0.29, 0.717) is 11.7 Å². The predicted octanol–water partition coefficient (Wildman–Crippen LogP) is 4.29. The largest absolute Gasteiger partial charge is 0.335 e. The second-order valence-electron chi connectivity index (χ2n) is 7.40. The van der Waals surface area contributed by atoms with Gasteiger partial charge in [0.25, 0.3) is 5.91 Å². The van der Waals surface area contributed by atoms with Crippen LogP contribution in [0.15, 0.2) is 24.3 Å². The number of halogens is 1. The molecule has 0 aliphatic heterocycles. The van der Waals surface area contributed by atoms with E-state index in [1.54, 1.807) is 12.1 Å². The molecule has 0 unspecified atom stereocenters. The molecule has 0 radical (unpaired) electrons. The molecule has 5 heteroatoms. The number of carbonyl (C=O) groups excluding carboxylic acids is 1. The van der Waals surface area contributed by atoms with E-state index < -0.39 is 0 Å². The van der Waals surface area contributed by atoms with Gasteiger partial charge >= 0.3 is 0 Å². The molecular weight excluding hydrogens is 329 g/mol. The minimum Gasteiger partial charge on any atom is -0.335 e. The van der Waals surface area contributed by atoms with Crippen LogP contribution in [0.1, 0.15) is 67.2 Å². The summed E-state index contributed by atoms with van der Waals surface area (Å²) in [6, 6.07) is 6.69. The molecule has 1 heterocycles. The number of nitrogens with zero attached hydrogens (tertiary/aromatic N) is 3. The summed E-state index contributed by atoms with van der Waals surface area (Å²) in [6.07, 6.45) is 8.75. The van der Waals surface area contributed by atoms with E-state index in [0.717, 1.165) is 55.6 Å². The summed E-state index contributed by atoms with van der Waals surface area (Å²) in [5, 5.41) is 4.70. The van der Waals surface area contributed by atoms with E-state index in [-0.39, 0.29) is 11.7 Å². The highest BCUT2D eigenvalue weighted by Gasteiger charge is 2.32. The van der Waals surface area contributed by atoms with Gasteiger partial charge in [0.1, 0.15) is 5.82 Å². The standard InChI is InChI=1S/C21H26FN3O/c1-2-24(16-7-4-3-5-8-16)21(26)20-18-9-6-10-19(18)25(23-20)17-13-11-15(22)12-14-17/h11-14,16H,2-10H2,1H3. The van der Waals surface area contributed by atoms with Crippen LogP contribution < -0.4 is 0 Å². The van der Waals surface area contributed by atoms with E-state index >= 15 is 0 Å². The molecule has 1 aromatic heterocycles. The monoisotopic (exact) mass is 355 g/mol. The lowest BCUT2D eigenvalue weighted by atomic mass is 9.94. The molecule has 1 saturated carbocycles. The van der Waals surface area contributed by atoms with Gasteiger partial charge in [-0.15, -0.1) is 0 Å². The first kappa shape index (κ1) is 17.3. The summed E-state index contributed by atoms with van der Waals surface area (Å²) < 4.78 is 15.1. The molecule has 1 fully saturated rings. The maximum atomic E-state index is 13.3.